The molecule has 1 N–H and O–H groups in total. The highest BCUT2D eigenvalue weighted by molar-refractivity contribution is 6.32. The van der Waals surface area contributed by atoms with E-state index < -0.39 is 0 Å². The molecule has 4 heteroatoms. The minimum Gasteiger partial charge on any atom is -0.506 e. The van der Waals surface area contributed by atoms with Crippen LogP contribution in [0.5, 0.6) is 5.75 Å². The normalized spacial score (nSPS) is 10.9. The van der Waals surface area contributed by atoms with E-state index >= 15 is 0 Å². The van der Waals surface area contributed by atoms with Crippen LogP contribution in [0.25, 0.3) is 16.8 Å². The highest BCUT2D eigenvalue weighted by Gasteiger charge is 2.13. The SMILES string of the molecule is Oc1ccc(-c2cc3cccc[n+]3o2)cc1Cl. The number of halogens is 1. The van der Waals surface area contributed by atoms with Gasteiger partial charge in [0.25, 0.3) is 5.52 Å². The molecule has 3 nitrogen and oxygen atoms in total. The van der Waals surface area contributed by atoms with Gasteiger partial charge in [-0.3, -0.25) is 0 Å². The van der Waals surface area contributed by atoms with Gasteiger partial charge in [-0.15, -0.1) is 0 Å². The monoisotopic (exact) mass is 246 g/mol. The van der Waals surface area contributed by atoms with Crippen molar-refractivity contribution in [2.45, 2.75) is 0 Å². The van der Waals surface area contributed by atoms with Crippen molar-refractivity contribution in [3.05, 3.63) is 53.7 Å². The molecule has 1 aromatic carbocycles. The molecule has 0 saturated carbocycles. The second kappa shape index (κ2) is 3.79. The van der Waals surface area contributed by atoms with E-state index in [1.54, 1.807) is 22.8 Å². The first kappa shape index (κ1) is 10.2. The Labute approximate surface area is 102 Å². The molecule has 0 aliphatic rings. The number of benzene rings is 1. The maximum Gasteiger partial charge on any atom is 0.262 e. The van der Waals surface area contributed by atoms with Crippen molar-refractivity contribution in [1.82, 2.24) is 0 Å². The average Bonchev–Trinajstić information content (AvgIpc) is 2.76. The van der Waals surface area contributed by atoms with Gasteiger partial charge in [0.1, 0.15) is 5.75 Å². The molecule has 2 heterocycles. The zero-order valence-corrected chi connectivity index (χ0v) is 9.56. The summed E-state index contributed by atoms with van der Waals surface area (Å²) in [5, 5.41) is 9.68. The maximum atomic E-state index is 9.36. The van der Waals surface area contributed by atoms with E-state index in [-0.39, 0.29) is 5.75 Å². The minimum absolute atomic E-state index is 0.0687. The number of aromatic hydroxyl groups is 1. The van der Waals surface area contributed by atoms with Crippen LogP contribution in [-0.2, 0) is 0 Å². The van der Waals surface area contributed by atoms with E-state index in [9.17, 15) is 5.11 Å². The molecule has 0 aliphatic carbocycles. The summed E-state index contributed by atoms with van der Waals surface area (Å²) >= 11 is 5.86. The molecule has 2 aromatic heterocycles. The van der Waals surface area contributed by atoms with E-state index in [4.69, 9.17) is 16.1 Å². The van der Waals surface area contributed by atoms with Crippen LogP contribution in [0.2, 0.25) is 5.02 Å². The van der Waals surface area contributed by atoms with Gasteiger partial charge in [-0.05, 0) is 24.3 Å². The van der Waals surface area contributed by atoms with Gasteiger partial charge < -0.3 is 5.11 Å². The van der Waals surface area contributed by atoms with Crippen molar-refractivity contribution in [1.29, 1.82) is 0 Å². The average molecular weight is 247 g/mol. The fourth-order valence-electron chi connectivity index (χ4n) is 1.70. The van der Waals surface area contributed by atoms with Gasteiger partial charge >= 0.3 is 0 Å². The smallest absolute Gasteiger partial charge is 0.262 e. The molecule has 0 radical (unpaired) electrons. The number of nitrogens with zero attached hydrogens (tertiary/aromatic N) is 1. The number of phenols is 1. The van der Waals surface area contributed by atoms with Crippen LogP contribution < -0.4 is 4.57 Å². The van der Waals surface area contributed by atoms with Crippen molar-refractivity contribution in [3.63, 3.8) is 0 Å². The Morgan fingerprint density at radius 2 is 2.00 bits per heavy atom. The standard InChI is InChI=1S/C13H8ClNO2/c14-11-7-9(4-5-12(11)16)13-8-10-3-1-2-6-15(10)17-13/h1-8H/p+1. The van der Waals surface area contributed by atoms with Crippen molar-refractivity contribution in [2.24, 2.45) is 0 Å². The third-order valence-corrected chi connectivity index (χ3v) is 2.86. The van der Waals surface area contributed by atoms with Crippen LogP contribution in [0.1, 0.15) is 0 Å². The molecule has 0 amide bonds. The molecule has 0 fully saturated rings. The number of hydrogen-bond donors (Lipinski definition) is 1. The van der Waals surface area contributed by atoms with Crippen LogP contribution in [0.15, 0.2) is 53.2 Å². The van der Waals surface area contributed by atoms with E-state index in [1.165, 1.54) is 0 Å². The number of aromatic nitrogens is 1. The minimum atomic E-state index is 0.0687. The molecule has 17 heavy (non-hydrogen) atoms. The van der Waals surface area contributed by atoms with Gasteiger partial charge in [0.2, 0.25) is 12.0 Å². The zero-order chi connectivity index (χ0) is 11.8. The van der Waals surface area contributed by atoms with E-state index in [0.29, 0.717) is 10.8 Å². The molecule has 84 valence electrons. The molecule has 0 aliphatic heterocycles. The van der Waals surface area contributed by atoms with E-state index in [2.05, 4.69) is 0 Å². The summed E-state index contributed by atoms with van der Waals surface area (Å²) in [5.41, 5.74) is 1.79. The summed E-state index contributed by atoms with van der Waals surface area (Å²) in [4.78, 5) is 0. The van der Waals surface area contributed by atoms with Gasteiger partial charge in [0.15, 0.2) is 0 Å². The number of phenolic OH excluding ortho intramolecular Hbond substituents is 1. The van der Waals surface area contributed by atoms with Crippen molar-refractivity contribution in [2.75, 3.05) is 0 Å². The van der Waals surface area contributed by atoms with Crippen molar-refractivity contribution in [3.8, 4) is 17.1 Å². The predicted molar refractivity (Wildman–Crippen MR) is 64.0 cm³/mol. The first-order valence-electron chi connectivity index (χ1n) is 5.14. The molecule has 0 spiro atoms. The Morgan fingerprint density at radius 3 is 2.76 bits per heavy atom. The quantitative estimate of drug-likeness (QED) is 0.670. The summed E-state index contributed by atoms with van der Waals surface area (Å²) in [6.07, 6.45) is 1.83. The lowest BCUT2D eigenvalue weighted by Gasteiger charge is -1.97. The van der Waals surface area contributed by atoms with Gasteiger partial charge in [-0.25, -0.2) is 4.52 Å². The topological polar surface area (TPSA) is 37.5 Å². The first-order chi connectivity index (χ1) is 8.24. The Morgan fingerprint density at radius 1 is 1.12 bits per heavy atom. The third-order valence-electron chi connectivity index (χ3n) is 2.56. The summed E-state index contributed by atoms with van der Waals surface area (Å²) in [6, 6.07) is 12.7. The van der Waals surface area contributed by atoms with E-state index in [0.717, 1.165) is 11.1 Å². The molecule has 3 rings (SSSR count). The van der Waals surface area contributed by atoms with Crippen LogP contribution in [0.3, 0.4) is 0 Å². The molecule has 0 saturated heterocycles. The van der Waals surface area contributed by atoms with Crippen molar-refractivity contribution < 1.29 is 14.2 Å². The summed E-state index contributed by atoms with van der Waals surface area (Å²) in [6.45, 7) is 0. The van der Waals surface area contributed by atoms with Crippen LogP contribution in [-0.4, -0.2) is 5.11 Å². The van der Waals surface area contributed by atoms with E-state index in [1.807, 2.05) is 30.5 Å². The number of pyridine rings is 1. The molecular weight excluding hydrogens is 238 g/mol. The van der Waals surface area contributed by atoms with Crippen LogP contribution >= 0.6 is 11.6 Å². The lowest BCUT2D eigenvalue weighted by molar-refractivity contribution is -0.714. The number of hydrogen-bond acceptors (Lipinski definition) is 2. The highest BCUT2D eigenvalue weighted by atomic mass is 35.5. The summed E-state index contributed by atoms with van der Waals surface area (Å²) in [7, 11) is 0. The zero-order valence-electron chi connectivity index (χ0n) is 8.80. The molecule has 3 aromatic rings. The third kappa shape index (κ3) is 1.74. The van der Waals surface area contributed by atoms with Crippen LogP contribution in [0.4, 0.5) is 0 Å². The summed E-state index contributed by atoms with van der Waals surface area (Å²) < 4.78 is 7.30. The number of rotatable bonds is 1. The van der Waals surface area contributed by atoms with Gasteiger partial charge in [-0.1, -0.05) is 11.6 Å². The fraction of sp³-hybridized carbons (Fsp3) is 0. The Balaban J connectivity index is 2.17. The summed E-state index contributed by atoms with van der Waals surface area (Å²) in [5.74, 6) is 0.775. The highest BCUT2D eigenvalue weighted by Crippen LogP contribution is 2.29. The Kier molecular flexibility index (Phi) is 2.27. The lowest BCUT2D eigenvalue weighted by Crippen LogP contribution is -2.15. The first-order valence-corrected chi connectivity index (χ1v) is 5.51. The van der Waals surface area contributed by atoms with Crippen molar-refractivity contribution >= 4 is 17.1 Å². The fourth-order valence-corrected chi connectivity index (χ4v) is 1.88. The molecule has 0 unspecified atom stereocenters. The molecule has 0 bridgehead atoms. The predicted octanol–water partition coefficient (Wildman–Crippen LogP) is 3.04. The Bertz CT molecular complexity index is 658. The second-order valence-electron chi connectivity index (χ2n) is 3.72. The largest absolute Gasteiger partial charge is 0.506 e. The molecule has 0 atom stereocenters. The molecular formula is C13H9ClNO2+. The van der Waals surface area contributed by atoms with Gasteiger partial charge in [0.05, 0.1) is 11.1 Å². The second-order valence-corrected chi connectivity index (χ2v) is 4.12. The van der Waals surface area contributed by atoms with Crippen LogP contribution in [0, 0.1) is 0 Å². The Hall–Kier alpha value is -2.00. The maximum absolute atomic E-state index is 9.36. The lowest BCUT2D eigenvalue weighted by atomic mass is 10.1. The van der Waals surface area contributed by atoms with Gasteiger partial charge in [0, 0.05) is 22.3 Å². The van der Waals surface area contributed by atoms with Gasteiger partial charge in [-0.2, -0.15) is 0 Å². The number of fused-ring (bicyclic) bond motifs is 1.